The van der Waals surface area contributed by atoms with Crippen molar-refractivity contribution in [2.75, 3.05) is 13.6 Å². The highest BCUT2D eigenvalue weighted by Crippen LogP contribution is 2.13. The fourth-order valence-electron chi connectivity index (χ4n) is 1.67. The van der Waals surface area contributed by atoms with Gasteiger partial charge in [0.25, 0.3) is 0 Å². The van der Waals surface area contributed by atoms with Crippen LogP contribution in [0.5, 0.6) is 0 Å². The van der Waals surface area contributed by atoms with E-state index in [0.717, 1.165) is 6.04 Å². The van der Waals surface area contributed by atoms with E-state index in [0.29, 0.717) is 0 Å². The van der Waals surface area contributed by atoms with E-state index < -0.39 is 0 Å². The van der Waals surface area contributed by atoms with E-state index in [1.54, 1.807) is 0 Å². The molecule has 0 amide bonds. The zero-order chi connectivity index (χ0) is 7.40. The lowest BCUT2D eigenvalue weighted by Gasteiger charge is -2.24. The van der Waals surface area contributed by atoms with E-state index in [2.05, 4.69) is 26.2 Å². The molecule has 1 rings (SSSR count). The molecule has 1 fully saturated rings. The third kappa shape index (κ3) is 2.01. The zero-order valence-corrected chi connectivity index (χ0v) is 7.14. The molecule has 1 unspecified atom stereocenters. The van der Waals surface area contributed by atoms with Crippen LogP contribution in [0.1, 0.15) is 19.8 Å². The maximum absolute atomic E-state index is 2.49. The molecule has 1 atom stereocenters. The van der Waals surface area contributed by atoms with Crippen LogP contribution in [-0.2, 0) is 0 Å². The van der Waals surface area contributed by atoms with E-state index in [-0.39, 0.29) is 0 Å². The third-order valence-corrected chi connectivity index (χ3v) is 2.48. The van der Waals surface area contributed by atoms with Crippen LogP contribution in [0.2, 0.25) is 12.6 Å². The van der Waals surface area contributed by atoms with Gasteiger partial charge in [0.05, 0.1) is 0 Å². The summed E-state index contributed by atoms with van der Waals surface area (Å²) in [5, 5.41) is 0. The van der Waals surface area contributed by atoms with Gasteiger partial charge < -0.3 is 4.90 Å². The first-order chi connectivity index (χ1) is 4.84. The Morgan fingerprint density at radius 2 is 2.30 bits per heavy atom. The lowest BCUT2D eigenvalue weighted by molar-refractivity contribution is 0.247. The summed E-state index contributed by atoms with van der Waals surface area (Å²) in [6.45, 7) is 3.55. The molecule has 57 valence electrons. The second kappa shape index (κ2) is 4.02. The van der Waals surface area contributed by atoms with Crippen LogP contribution < -0.4 is 0 Å². The van der Waals surface area contributed by atoms with Gasteiger partial charge in [-0.15, -0.1) is 0 Å². The molecule has 0 bridgehead atoms. The summed E-state index contributed by atoms with van der Waals surface area (Å²) < 4.78 is 0. The highest BCUT2D eigenvalue weighted by atomic mass is 15.1. The summed E-state index contributed by atoms with van der Waals surface area (Å²) in [6, 6.07) is 0.846. The molecule has 0 saturated carbocycles. The second-order valence-corrected chi connectivity index (χ2v) is 3.20. The van der Waals surface area contributed by atoms with E-state index in [4.69, 9.17) is 0 Å². The van der Waals surface area contributed by atoms with Gasteiger partial charge in [-0.05, 0) is 26.4 Å². The largest absolute Gasteiger partial charge is 0.304 e. The maximum Gasteiger partial charge on any atom is 0.111 e. The highest BCUT2D eigenvalue weighted by molar-refractivity contribution is 6.35. The summed E-state index contributed by atoms with van der Waals surface area (Å²) >= 11 is 0. The predicted octanol–water partition coefficient (Wildman–Crippen LogP) is 1.64. The van der Waals surface area contributed by atoms with Crippen LogP contribution in [0.4, 0.5) is 0 Å². The van der Waals surface area contributed by atoms with E-state index >= 15 is 0 Å². The van der Waals surface area contributed by atoms with Crippen molar-refractivity contribution in [3.8, 4) is 0 Å². The standard InChI is InChI=1S/C8H17BN/c1-3-8-4-5-9-6-7-10(8)2/h8H,3-7H2,1-2H3. The van der Waals surface area contributed by atoms with Crippen molar-refractivity contribution >= 4 is 7.28 Å². The van der Waals surface area contributed by atoms with Crippen LogP contribution in [0.15, 0.2) is 0 Å². The molecule has 1 aliphatic heterocycles. The molecular formula is C8H17BN. The minimum atomic E-state index is 0.846. The average molecular weight is 138 g/mol. The predicted molar refractivity (Wildman–Crippen MR) is 46.7 cm³/mol. The SMILES string of the molecule is CCC1CC[B]CCN1C. The Hall–Kier alpha value is 0.0249. The molecular weight excluding hydrogens is 121 g/mol. The minimum absolute atomic E-state index is 0.846. The highest BCUT2D eigenvalue weighted by Gasteiger charge is 2.14. The Bertz CT molecular complexity index is 95.3. The van der Waals surface area contributed by atoms with Crippen LogP contribution >= 0.6 is 0 Å². The summed E-state index contributed by atoms with van der Waals surface area (Å²) in [5.41, 5.74) is 0. The lowest BCUT2D eigenvalue weighted by atomic mass is 9.70. The van der Waals surface area contributed by atoms with Crippen molar-refractivity contribution in [2.45, 2.75) is 38.4 Å². The molecule has 1 nitrogen and oxygen atoms in total. The summed E-state index contributed by atoms with van der Waals surface area (Å²) in [5.74, 6) is 0. The van der Waals surface area contributed by atoms with E-state index in [1.807, 2.05) is 0 Å². The molecule has 0 spiro atoms. The van der Waals surface area contributed by atoms with Gasteiger partial charge in [-0.25, -0.2) is 0 Å². The van der Waals surface area contributed by atoms with Crippen LogP contribution in [0.25, 0.3) is 0 Å². The summed E-state index contributed by atoms with van der Waals surface area (Å²) in [4.78, 5) is 2.49. The normalized spacial score (nSPS) is 29.2. The molecule has 0 aromatic carbocycles. The van der Waals surface area contributed by atoms with Crippen molar-refractivity contribution in [2.24, 2.45) is 0 Å². The molecule has 0 N–H and O–H groups in total. The molecule has 0 aromatic rings. The molecule has 0 aromatic heterocycles. The van der Waals surface area contributed by atoms with E-state index in [9.17, 15) is 0 Å². The molecule has 1 heterocycles. The molecule has 10 heavy (non-hydrogen) atoms. The second-order valence-electron chi connectivity index (χ2n) is 3.20. The summed E-state index contributed by atoms with van der Waals surface area (Å²) in [7, 11) is 4.67. The van der Waals surface area contributed by atoms with Crippen molar-refractivity contribution in [3.63, 3.8) is 0 Å². The van der Waals surface area contributed by atoms with Crippen molar-refractivity contribution in [1.29, 1.82) is 0 Å². The van der Waals surface area contributed by atoms with Gasteiger partial charge >= 0.3 is 0 Å². The van der Waals surface area contributed by atoms with Crippen LogP contribution in [0.3, 0.4) is 0 Å². The Morgan fingerprint density at radius 3 is 3.00 bits per heavy atom. The first kappa shape index (κ1) is 8.12. The first-order valence-electron chi connectivity index (χ1n) is 4.36. The zero-order valence-electron chi connectivity index (χ0n) is 7.14. The first-order valence-corrected chi connectivity index (χ1v) is 4.36. The molecule has 2 heteroatoms. The van der Waals surface area contributed by atoms with Crippen molar-refractivity contribution in [3.05, 3.63) is 0 Å². The Morgan fingerprint density at radius 1 is 1.50 bits per heavy atom. The van der Waals surface area contributed by atoms with E-state index in [1.165, 1.54) is 32.0 Å². The van der Waals surface area contributed by atoms with Crippen LogP contribution in [-0.4, -0.2) is 31.8 Å². The fraction of sp³-hybridized carbons (Fsp3) is 1.00. The Kier molecular flexibility index (Phi) is 3.27. The summed E-state index contributed by atoms with van der Waals surface area (Å²) in [6.07, 6.45) is 5.28. The monoisotopic (exact) mass is 138 g/mol. The van der Waals surface area contributed by atoms with Gasteiger partial charge in [-0.1, -0.05) is 19.6 Å². The maximum atomic E-state index is 2.49. The molecule has 1 saturated heterocycles. The quantitative estimate of drug-likeness (QED) is 0.498. The lowest BCUT2D eigenvalue weighted by Crippen LogP contribution is -2.29. The number of nitrogens with zero attached hydrogens (tertiary/aromatic N) is 1. The van der Waals surface area contributed by atoms with Gasteiger partial charge in [0.1, 0.15) is 7.28 Å². The van der Waals surface area contributed by atoms with Gasteiger partial charge in [0.15, 0.2) is 0 Å². The van der Waals surface area contributed by atoms with Gasteiger partial charge in [0.2, 0.25) is 0 Å². The average Bonchev–Trinajstić information content (AvgIpc) is 2.13. The van der Waals surface area contributed by atoms with Gasteiger partial charge in [0, 0.05) is 6.04 Å². The Balaban J connectivity index is 2.35. The van der Waals surface area contributed by atoms with Crippen molar-refractivity contribution < 1.29 is 0 Å². The number of hydrogen-bond donors (Lipinski definition) is 0. The number of hydrogen-bond acceptors (Lipinski definition) is 1. The van der Waals surface area contributed by atoms with Crippen molar-refractivity contribution in [1.82, 2.24) is 4.90 Å². The number of rotatable bonds is 1. The topological polar surface area (TPSA) is 3.24 Å². The third-order valence-electron chi connectivity index (χ3n) is 2.48. The molecule has 1 aliphatic rings. The fourth-order valence-corrected chi connectivity index (χ4v) is 1.67. The minimum Gasteiger partial charge on any atom is -0.304 e. The van der Waals surface area contributed by atoms with Crippen LogP contribution in [0, 0.1) is 0 Å². The molecule has 0 aliphatic carbocycles. The molecule has 1 radical (unpaired) electrons. The smallest absolute Gasteiger partial charge is 0.111 e. The van der Waals surface area contributed by atoms with Gasteiger partial charge in [-0.2, -0.15) is 0 Å². The Labute approximate surface area is 65.0 Å². The van der Waals surface area contributed by atoms with Gasteiger partial charge in [-0.3, -0.25) is 0 Å².